The first-order valence-electron chi connectivity index (χ1n) is 5.28. The molecular formula is C11H22INO2. The second kappa shape index (κ2) is 6.68. The number of amides is 1. The van der Waals surface area contributed by atoms with Crippen molar-refractivity contribution in [2.45, 2.75) is 43.6 Å². The van der Waals surface area contributed by atoms with E-state index in [1.54, 1.807) is 7.05 Å². The van der Waals surface area contributed by atoms with Crippen LogP contribution in [0.2, 0.25) is 0 Å². The van der Waals surface area contributed by atoms with Crippen LogP contribution >= 0.6 is 22.6 Å². The lowest BCUT2D eigenvalue weighted by molar-refractivity contribution is -0.125. The van der Waals surface area contributed by atoms with Crippen LogP contribution in [-0.2, 0) is 9.53 Å². The van der Waals surface area contributed by atoms with E-state index in [9.17, 15) is 4.79 Å². The van der Waals surface area contributed by atoms with Gasteiger partial charge in [0.05, 0.1) is 12.2 Å². The molecule has 1 N–H and O–H groups in total. The van der Waals surface area contributed by atoms with Crippen molar-refractivity contribution < 1.29 is 9.53 Å². The fraction of sp³-hybridized carbons (Fsp3) is 0.909. The van der Waals surface area contributed by atoms with Crippen molar-refractivity contribution in [1.82, 2.24) is 5.32 Å². The van der Waals surface area contributed by atoms with Gasteiger partial charge in [0, 0.05) is 17.4 Å². The Bertz CT molecular complexity index is 205. The lowest BCUT2D eigenvalue weighted by Gasteiger charge is -2.32. The van der Waals surface area contributed by atoms with Crippen LogP contribution in [0.3, 0.4) is 0 Å². The van der Waals surface area contributed by atoms with Crippen molar-refractivity contribution in [3.05, 3.63) is 0 Å². The number of hydrogen-bond acceptors (Lipinski definition) is 2. The molecule has 2 unspecified atom stereocenters. The number of alkyl halides is 1. The van der Waals surface area contributed by atoms with Crippen LogP contribution in [0.15, 0.2) is 0 Å². The summed E-state index contributed by atoms with van der Waals surface area (Å²) in [7, 11) is 1.66. The zero-order chi connectivity index (χ0) is 12.1. The predicted octanol–water partition coefficient (Wildman–Crippen LogP) is 2.38. The van der Waals surface area contributed by atoms with Crippen LogP contribution in [0.4, 0.5) is 0 Å². The second-order valence-electron chi connectivity index (χ2n) is 4.47. The maximum absolute atomic E-state index is 11.2. The lowest BCUT2D eigenvalue weighted by atomic mass is 9.89. The largest absolute Gasteiger partial charge is 0.374 e. The molecule has 0 saturated heterocycles. The van der Waals surface area contributed by atoms with E-state index >= 15 is 0 Å². The van der Waals surface area contributed by atoms with Crippen molar-refractivity contribution in [3.8, 4) is 0 Å². The highest BCUT2D eigenvalue weighted by Crippen LogP contribution is 2.24. The molecule has 0 rings (SSSR count). The molecule has 0 saturated carbocycles. The van der Waals surface area contributed by atoms with Gasteiger partial charge in [-0.2, -0.15) is 0 Å². The maximum Gasteiger partial charge on any atom is 0.220 e. The second-order valence-corrected chi connectivity index (χ2v) is 6.60. The van der Waals surface area contributed by atoms with Gasteiger partial charge in [-0.1, -0.05) is 36.4 Å². The summed E-state index contributed by atoms with van der Waals surface area (Å²) in [4.78, 5) is 11.2. The van der Waals surface area contributed by atoms with Gasteiger partial charge >= 0.3 is 0 Å². The normalized spacial score (nSPS) is 15.9. The smallest absolute Gasteiger partial charge is 0.220 e. The summed E-state index contributed by atoms with van der Waals surface area (Å²) in [6.45, 7) is 8.97. The Morgan fingerprint density at radius 1 is 1.47 bits per heavy atom. The molecule has 0 fully saturated rings. The van der Waals surface area contributed by atoms with E-state index in [0.717, 1.165) is 6.61 Å². The summed E-state index contributed by atoms with van der Waals surface area (Å²) in [6, 6.07) is 0. The minimum absolute atomic E-state index is 0.0710. The van der Waals surface area contributed by atoms with Crippen LogP contribution in [-0.4, -0.2) is 29.1 Å². The first-order chi connectivity index (χ1) is 6.79. The number of nitrogens with one attached hydrogen (secondary N) is 1. The maximum atomic E-state index is 11.2. The van der Waals surface area contributed by atoms with Crippen molar-refractivity contribution >= 4 is 28.5 Å². The summed E-state index contributed by atoms with van der Waals surface area (Å²) >= 11 is 2.33. The standard InChI is InChI=1S/C11H22INO2/c1-8(6-10(14)13-5)11(3,4)15-7-9(2)12/h8-9H,6-7H2,1-5H3,(H,13,14). The number of ether oxygens (including phenoxy) is 1. The summed E-state index contributed by atoms with van der Waals surface area (Å²) in [6.07, 6.45) is 0.513. The molecule has 0 aromatic heterocycles. The van der Waals surface area contributed by atoms with Crippen molar-refractivity contribution in [1.29, 1.82) is 0 Å². The summed E-state index contributed by atoms with van der Waals surface area (Å²) < 4.78 is 6.31. The molecule has 2 atom stereocenters. The van der Waals surface area contributed by atoms with E-state index < -0.39 is 0 Å². The average Bonchev–Trinajstić information content (AvgIpc) is 2.14. The molecule has 3 nitrogen and oxygen atoms in total. The highest BCUT2D eigenvalue weighted by Gasteiger charge is 2.28. The highest BCUT2D eigenvalue weighted by atomic mass is 127. The van der Waals surface area contributed by atoms with E-state index in [1.165, 1.54) is 0 Å². The Morgan fingerprint density at radius 2 is 2.00 bits per heavy atom. The number of halogens is 1. The Labute approximate surface area is 106 Å². The van der Waals surface area contributed by atoms with Gasteiger partial charge in [0.1, 0.15) is 0 Å². The van der Waals surface area contributed by atoms with Crippen LogP contribution in [0.25, 0.3) is 0 Å². The molecular weight excluding hydrogens is 305 g/mol. The molecule has 0 heterocycles. The molecule has 0 aliphatic rings. The summed E-state index contributed by atoms with van der Waals surface area (Å²) in [5, 5.41) is 2.64. The number of carbonyl (C=O) groups is 1. The predicted molar refractivity (Wildman–Crippen MR) is 71.4 cm³/mol. The third-order valence-electron chi connectivity index (χ3n) is 2.64. The van der Waals surface area contributed by atoms with E-state index in [1.807, 2.05) is 20.8 Å². The minimum Gasteiger partial charge on any atom is -0.374 e. The molecule has 0 radical (unpaired) electrons. The number of rotatable bonds is 6. The molecule has 0 aliphatic carbocycles. The topological polar surface area (TPSA) is 38.3 Å². The summed E-state index contributed by atoms with van der Waals surface area (Å²) in [5.41, 5.74) is -0.244. The molecule has 15 heavy (non-hydrogen) atoms. The van der Waals surface area contributed by atoms with E-state index in [2.05, 4.69) is 34.8 Å². The zero-order valence-corrected chi connectivity index (χ0v) is 12.4. The van der Waals surface area contributed by atoms with Gasteiger partial charge in [-0.05, 0) is 19.8 Å². The molecule has 0 aromatic carbocycles. The third-order valence-corrected chi connectivity index (χ3v) is 3.00. The Morgan fingerprint density at radius 3 is 2.40 bits per heavy atom. The third kappa shape index (κ3) is 6.35. The zero-order valence-electron chi connectivity index (χ0n) is 10.3. The Balaban J connectivity index is 4.12. The van der Waals surface area contributed by atoms with E-state index in [0.29, 0.717) is 10.3 Å². The fourth-order valence-electron chi connectivity index (χ4n) is 1.10. The quantitative estimate of drug-likeness (QED) is 0.601. The molecule has 0 bridgehead atoms. The van der Waals surface area contributed by atoms with Gasteiger partial charge in [0.25, 0.3) is 0 Å². The van der Waals surface area contributed by atoms with Gasteiger partial charge in [0.15, 0.2) is 0 Å². The van der Waals surface area contributed by atoms with Gasteiger partial charge in [-0.25, -0.2) is 0 Å². The molecule has 0 aliphatic heterocycles. The first kappa shape index (κ1) is 15.2. The fourth-order valence-corrected chi connectivity index (χ4v) is 1.28. The van der Waals surface area contributed by atoms with Crippen molar-refractivity contribution in [3.63, 3.8) is 0 Å². The molecule has 0 aromatic rings. The summed E-state index contributed by atoms with van der Waals surface area (Å²) in [5.74, 6) is 0.286. The molecule has 0 spiro atoms. The SMILES string of the molecule is CNC(=O)CC(C)C(C)(C)OCC(C)I. The van der Waals surface area contributed by atoms with Gasteiger partial charge in [-0.3, -0.25) is 4.79 Å². The van der Waals surface area contributed by atoms with Crippen LogP contribution < -0.4 is 5.32 Å². The van der Waals surface area contributed by atoms with Gasteiger partial charge in [-0.15, -0.1) is 0 Å². The molecule has 4 heteroatoms. The highest BCUT2D eigenvalue weighted by molar-refractivity contribution is 14.1. The van der Waals surface area contributed by atoms with E-state index in [-0.39, 0.29) is 17.4 Å². The number of hydrogen-bond donors (Lipinski definition) is 1. The van der Waals surface area contributed by atoms with Gasteiger partial charge in [0.2, 0.25) is 5.91 Å². The van der Waals surface area contributed by atoms with Crippen LogP contribution in [0, 0.1) is 5.92 Å². The van der Waals surface area contributed by atoms with Crippen LogP contribution in [0.1, 0.15) is 34.1 Å². The molecule has 1 amide bonds. The van der Waals surface area contributed by atoms with E-state index in [4.69, 9.17) is 4.74 Å². The van der Waals surface area contributed by atoms with Gasteiger partial charge < -0.3 is 10.1 Å². The lowest BCUT2D eigenvalue weighted by Crippen LogP contribution is -2.37. The Kier molecular flexibility index (Phi) is 6.75. The molecule has 90 valence electrons. The number of carbonyl (C=O) groups excluding carboxylic acids is 1. The monoisotopic (exact) mass is 327 g/mol. The van der Waals surface area contributed by atoms with Crippen molar-refractivity contribution in [2.24, 2.45) is 5.92 Å². The Hall–Kier alpha value is 0.160. The average molecular weight is 327 g/mol. The van der Waals surface area contributed by atoms with Crippen molar-refractivity contribution in [2.75, 3.05) is 13.7 Å². The minimum atomic E-state index is -0.244. The van der Waals surface area contributed by atoms with Crippen LogP contribution in [0.5, 0.6) is 0 Å². The first-order valence-corrected chi connectivity index (χ1v) is 6.52.